The van der Waals surface area contributed by atoms with Crippen LogP contribution in [0.15, 0.2) is 11.7 Å². The average molecular weight is 309 g/mol. The van der Waals surface area contributed by atoms with Gasteiger partial charge in [-0.25, -0.2) is 0 Å². The van der Waals surface area contributed by atoms with Gasteiger partial charge in [0, 0.05) is 25.5 Å². The monoisotopic (exact) mass is 309 g/mol. The molecule has 2 aliphatic rings. The van der Waals surface area contributed by atoms with Gasteiger partial charge in [-0.2, -0.15) is 0 Å². The highest BCUT2D eigenvalue weighted by molar-refractivity contribution is 8.09. The summed E-state index contributed by atoms with van der Waals surface area (Å²) in [5.74, 6) is 0.667. The van der Waals surface area contributed by atoms with E-state index in [1.165, 1.54) is 16.2 Å². The smallest absolute Gasteiger partial charge is 0.0827 e. The molecular formula is C15H21N2OS2. The van der Waals surface area contributed by atoms with Crippen molar-refractivity contribution in [3.63, 3.8) is 0 Å². The molecule has 1 saturated heterocycles. The predicted molar refractivity (Wildman–Crippen MR) is 85.3 cm³/mol. The molecule has 3 heterocycles. The molecule has 20 heavy (non-hydrogen) atoms. The summed E-state index contributed by atoms with van der Waals surface area (Å²) in [4.78, 5) is 9.20. The summed E-state index contributed by atoms with van der Waals surface area (Å²) in [6, 6.07) is 0.584. The molecule has 0 bridgehead atoms. The molecule has 1 fully saturated rings. The van der Waals surface area contributed by atoms with Crippen LogP contribution in [0.5, 0.6) is 0 Å². The van der Waals surface area contributed by atoms with Crippen molar-refractivity contribution in [1.82, 2.24) is 9.88 Å². The van der Waals surface area contributed by atoms with Gasteiger partial charge in [0.25, 0.3) is 0 Å². The first-order valence-corrected chi connectivity index (χ1v) is 9.10. The lowest BCUT2D eigenvalue weighted by Gasteiger charge is -2.37. The SMILES string of the molecule is CCC(C)C1SC(c2cncs2)=[C]N1C1CCOCC1. The fraction of sp³-hybridized carbons (Fsp3) is 0.667. The highest BCUT2D eigenvalue weighted by Crippen LogP contribution is 2.45. The number of nitrogens with zero attached hydrogens (tertiary/aromatic N) is 2. The van der Waals surface area contributed by atoms with Crippen molar-refractivity contribution in [3.8, 4) is 0 Å². The molecule has 0 amide bonds. The number of hydrogen-bond donors (Lipinski definition) is 0. The Morgan fingerprint density at radius 2 is 2.30 bits per heavy atom. The zero-order chi connectivity index (χ0) is 13.9. The largest absolute Gasteiger partial charge is 0.381 e. The zero-order valence-electron chi connectivity index (χ0n) is 12.0. The average Bonchev–Trinajstić information content (AvgIpc) is 3.16. The Hall–Kier alpha value is -0.520. The normalized spacial score (nSPS) is 25.8. The van der Waals surface area contributed by atoms with Crippen LogP contribution in [-0.4, -0.2) is 34.5 Å². The maximum atomic E-state index is 5.50. The van der Waals surface area contributed by atoms with Gasteiger partial charge in [-0.3, -0.25) is 4.98 Å². The van der Waals surface area contributed by atoms with Crippen molar-refractivity contribution in [2.75, 3.05) is 13.2 Å². The lowest BCUT2D eigenvalue weighted by atomic mass is 10.0. The number of aromatic nitrogens is 1. The van der Waals surface area contributed by atoms with E-state index in [0.29, 0.717) is 17.3 Å². The Labute approximate surface area is 129 Å². The molecule has 2 unspecified atom stereocenters. The highest BCUT2D eigenvalue weighted by Gasteiger charge is 2.35. The van der Waals surface area contributed by atoms with E-state index in [-0.39, 0.29) is 0 Å². The summed E-state index contributed by atoms with van der Waals surface area (Å²) >= 11 is 3.67. The van der Waals surface area contributed by atoms with E-state index >= 15 is 0 Å². The maximum absolute atomic E-state index is 5.50. The van der Waals surface area contributed by atoms with Crippen LogP contribution in [0.25, 0.3) is 4.91 Å². The Kier molecular flexibility index (Phi) is 4.68. The number of thioether (sulfide) groups is 1. The Balaban J connectivity index is 1.81. The quantitative estimate of drug-likeness (QED) is 0.843. The first-order valence-electron chi connectivity index (χ1n) is 7.34. The second-order valence-corrected chi connectivity index (χ2v) is 7.46. The number of ether oxygens (including phenoxy) is 1. The van der Waals surface area contributed by atoms with Gasteiger partial charge in [-0.15, -0.1) is 11.3 Å². The van der Waals surface area contributed by atoms with Crippen LogP contribution >= 0.6 is 23.1 Å². The van der Waals surface area contributed by atoms with Gasteiger partial charge in [-0.05, 0) is 18.8 Å². The van der Waals surface area contributed by atoms with E-state index in [9.17, 15) is 0 Å². The van der Waals surface area contributed by atoms with Gasteiger partial charge in [0.1, 0.15) is 0 Å². The molecule has 0 N–H and O–H groups in total. The summed E-state index contributed by atoms with van der Waals surface area (Å²) in [7, 11) is 0. The molecule has 1 aromatic rings. The zero-order valence-corrected chi connectivity index (χ0v) is 13.7. The third kappa shape index (κ3) is 2.90. The van der Waals surface area contributed by atoms with E-state index in [1.54, 1.807) is 11.3 Å². The molecule has 0 aromatic carbocycles. The van der Waals surface area contributed by atoms with Crippen LogP contribution in [0.2, 0.25) is 0 Å². The lowest BCUT2D eigenvalue weighted by Crippen LogP contribution is -2.42. The predicted octanol–water partition coefficient (Wildman–Crippen LogP) is 3.84. The van der Waals surface area contributed by atoms with Gasteiger partial charge < -0.3 is 9.64 Å². The molecule has 0 aliphatic carbocycles. The molecule has 1 aromatic heterocycles. The van der Waals surface area contributed by atoms with Crippen LogP contribution < -0.4 is 0 Å². The molecule has 0 spiro atoms. The lowest BCUT2D eigenvalue weighted by molar-refractivity contribution is 0.0400. The summed E-state index contributed by atoms with van der Waals surface area (Å²) in [5, 5.41) is 0.514. The molecule has 1 radical (unpaired) electrons. The van der Waals surface area contributed by atoms with Gasteiger partial charge in [-0.1, -0.05) is 32.0 Å². The summed E-state index contributed by atoms with van der Waals surface area (Å²) in [6.45, 7) is 6.40. The van der Waals surface area contributed by atoms with Crippen LogP contribution in [0, 0.1) is 12.1 Å². The molecule has 109 valence electrons. The van der Waals surface area contributed by atoms with Crippen molar-refractivity contribution in [2.45, 2.75) is 44.5 Å². The highest BCUT2D eigenvalue weighted by atomic mass is 32.2. The van der Waals surface area contributed by atoms with E-state index < -0.39 is 0 Å². The summed E-state index contributed by atoms with van der Waals surface area (Å²) in [6.07, 6.45) is 9.06. The van der Waals surface area contributed by atoms with Gasteiger partial charge >= 0.3 is 0 Å². The molecule has 2 aliphatic heterocycles. The van der Waals surface area contributed by atoms with E-state index in [1.807, 2.05) is 23.5 Å². The van der Waals surface area contributed by atoms with Crippen molar-refractivity contribution < 1.29 is 4.74 Å². The fourth-order valence-electron chi connectivity index (χ4n) is 2.68. The minimum atomic E-state index is 0.514. The third-order valence-electron chi connectivity index (χ3n) is 4.11. The molecular weight excluding hydrogens is 288 g/mol. The Morgan fingerprint density at radius 3 is 2.95 bits per heavy atom. The molecule has 5 heteroatoms. The number of hydrogen-bond acceptors (Lipinski definition) is 5. The van der Waals surface area contributed by atoms with E-state index in [2.05, 4.69) is 29.9 Å². The first kappa shape index (κ1) is 14.4. The summed E-state index contributed by atoms with van der Waals surface area (Å²) in [5.41, 5.74) is 1.90. The van der Waals surface area contributed by atoms with Crippen LogP contribution in [0.4, 0.5) is 0 Å². The van der Waals surface area contributed by atoms with Crippen LogP contribution in [-0.2, 0) is 4.74 Å². The van der Waals surface area contributed by atoms with Crippen LogP contribution in [0.1, 0.15) is 38.0 Å². The standard InChI is InChI=1S/C15H21N2OS2/c1-3-11(2)15-17(12-4-6-18-7-5-12)9-14(20-15)13-8-16-10-19-13/h8,10-12,15H,3-7H2,1-2H3. The second-order valence-electron chi connectivity index (χ2n) is 5.45. The van der Waals surface area contributed by atoms with Crippen molar-refractivity contribution in [1.29, 1.82) is 0 Å². The maximum Gasteiger partial charge on any atom is 0.0827 e. The van der Waals surface area contributed by atoms with Crippen molar-refractivity contribution in [3.05, 3.63) is 22.8 Å². The Bertz CT molecular complexity index is 454. The van der Waals surface area contributed by atoms with E-state index in [4.69, 9.17) is 4.74 Å². The minimum absolute atomic E-state index is 0.514. The van der Waals surface area contributed by atoms with Gasteiger partial charge in [0.15, 0.2) is 0 Å². The summed E-state index contributed by atoms with van der Waals surface area (Å²) < 4.78 is 5.50. The Morgan fingerprint density at radius 1 is 1.50 bits per heavy atom. The topological polar surface area (TPSA) is 25.4 Å². The molecule has 2 atom stereocenters. The fourth-order valence-corrected chi connectivity index (χ4v) is 4.81. The molecule has 0 saturated carbocycles. The minimum Gasteiger partial charge on any atom is -0.381 e. The van der Waals surface area contributed by atoms with Crippen molar-refractivity contribution in [2.24, 2.45) is 5.92 Å². The number of rotatable bonds is 4. The van der Waals surface area contributed by atoms with Gasteiger partial charge in [0.05, 0.1) is 26.9 Å². The second kappa shape index (κ2) is 6.50. The van der Waals surface area contributed by atoms with Gasteiger partial charge in [0.2, 0.25) is 0 Å². The third-order valence-corrected chi connectivity index (χ3v) is 6.51. The number of thiazole rings is 1. The first-order chi connectivity index (χ1) is 9.79. The van der Waals surface area contributed by atoms with E-state index in [0.717, 1.165) is 26.1 Å². The van der Waals surface area contributed by atoms with Crippen LogP contribution in [0.3, 0.4) is 0 Å². The van der Waals surface area contributed by atoms with Crippen molar-refractivity contribution >= 4 is 28.0 Å². The molecule has 3 nitrogen and oxygen atoms in total. The molecule has 3 rings (SSSR count).